The highest BCUT2D eigenvalue weighted by Crippen LogP contribution is 2.01. The molecule has 0 radical (unpaired) electrons. The minimum absolute atomic E-state index is 0.0943. The van der Waals surface area contributed by atoms with Crippen LogP contribution in [-0.4, -0.2) is 30.1 Å². The molecule has 5 heteroatoms. The second-order valence-electron chi connectivity index (χ2n) is 3.49. The van der Waals surface area contributed by atoms with Gasteiger partial charge in [0.2, 0.25) is 5.91 Å². The number of carboxylic acids is 1. The monoisotopic (exact) mass is 216 g/mol. The predicted octanol–water partition coefficient (Wildman–Crippen LogP) is 0.342. The zero-order valence-electron chi connectivity index (χ0n) is 9.16. The van der Waals surface area contributed by atoms with Crippen LogP contribution >= 0.6 is 0 Å². The topological polar surface area (TPSA) is 92.4 Å². The van der Waals surface area contributed by atoms with E-state index in [4.69, 9.17) is 10.8 Å². The summed E-state index contributed by atoms with van der Waals surface area (Å²) < 4.78 is 0. The number of unbranched alkanes of at least 4 members (excludes halogenated alkanes) is 1. The van der Waals surface area contributed by atoms with Crippen LogP contribution < -0.4 is 11.1 Å². The molecular formula is C10H20N2O3. The van der Waals surface area contributed by atoms with Crippen molar-refractivity contribution in [3.05, 3.63) is 0 Å². The SMILES string of the molecule is CCC(CNC(=O)CCCCN)C(=O)O. The molecule has 0 aromatic heterocycles. The van der Waals surface area contributed by atoms with Gasteiger partial charge in [0.15, 0.2) is 0 Å². The number of aliphatic carboxylic acids is 1. The summed E-state index contributed by atoms with van der Waals surface area (Å²) >= 11 is 0. The van der Waals surface area contributed by atoms with E-state index in [1.807, 2.05) is 0 Å². The van der Waals surface area contributed by atoms with Crippen LogP contribution in [0.25, 0.3) is 0 Å². The number of hydrogen-bond acceptors (Lipinski definition) is 3. The third-order valence-electron chi connectivity index (χ3n) is 2.25. The van der Waals surface area contributed by atoms with Crippen molar-refractivity contribution in [3.8, 4) is 0 Å². The second-order valence-corrected chi connectivity index (χ2v) is 3.49. The van der Waals surface area contributed by atoms with E-state index in [0.29, 0.717) is 19.4 Å². The average molecular weight is 216 g/mol. The molecule has 0 aliphatic rings. The van der Waals surface area contributed by atoms with Gasteiger partial charge in [0, 0.05) is 13.0 Å². The molecule has 1 atom stereocenters. The van der Waals surface area contributed by atoms with Crippen LogP contribution in [-0.2, 0) is 9.59 Å². The smallest absolute Gasteiger partial charge is 0.308 e. The van der Waals surface area contributed by atoms with Crippen molar-refractivity contribution in [1.29, 1.82) is 0 Å². The molecule has 0 spiro atoms. The Kier molecular flexibility index (Phi) is 7.62. The fraction of sp³-hybridized carbons (Fsp3) is 0.800. The second kappa shape index (κ2) is 8.23. The summed E-state index contributed by atoms with van der Waals surface area (Å²) in [6.07, 6.45) is 2.53. The number of nitrogens with one attached hydrogen (secondary N) is 1. The lowest BCUT2D eigenvalue weighted by Gasteiger charge is -2.10. The molecule has 0 aromatic rings. The third kappa shape index (κ3) is 6.90. The molecule has 4 N–H and O–H groups in total. The van der Waals surface area contributed by atoms with Crippen LogP contribution in [0.2, 0.25) is 0 Å². The van der Waals surface area contributed by atoms with Crippen molar-refractivity contribution in [1.82, 2.24) is 5.32 Å². The van der Waals surface area contributed by atoms with Crippen LogP contribution in [0, 0.1) is 5.92 Å². The lowest BCUT2D eigenvalue weighted by Crippen LogP contribution is -2.32. The summed E-state index contributed by atoms with van der Waals surface area (Å²) in [4.78, 5) is 21.9. The first-order valence-corrected chi connectivity index (χ1v) is 5.31. The third-order valence-corrected chi connectivity index (χ3v) is 2.25. The molecule has 1 unspecified atom stereocenters. The van der Waals surface area contributed by atoms with Gasteiger partial charge >= 0.3 is 5.97 Å². The van der Waals surface area contributed by atoms with Crippen molar-refractivity contribution >= 4 is 11.9 Å². The van der Waals surface area contributed by atoms with E-state index in [9.17, 15) is 9.59 Å². The molecule has 0 aromatic carbocycles. The summed E-state index contributed by atoms with van der Waals surface area (Å²) in [7, 11) is 0. The first kappa shape index (κ1) is 13.9. The highest BCUT2D eigenvalue weighted by atomic mass is 16.4. The summed E-state index contributed by atoms with van der Waals surface area (Å²) in [6, 6.07) is 0. The molecule has 0 fully saturated rings. The molecule has 88 valence electrons. The average Bonchev–Trinajstić information content (AvgIpc) is 2.18. The zero-order chi connectivity index (χ0) is 11.7. The van der Waals surface area contributed by atoms with Gasteiger partial charge in [-0.25, -0.2) is 0 Å². The molecule has 0 heterocycles. The van der Waals surface area contributed by atoms with Crippen LogP contribution in [0.4, 0.5) is 0 Å². The van der Waals surface area contributed by atoms with E-state index in [-0.39, 0.29) is 12.5 Å². The van der Waals surface area contributed by atoms with E-state index in [1.165, 1.54) is 0 Å². The van der Waals surface area contributed by atoms with Gasteiger partial charge in [-0.3, -0.25) is 9.59 Å². The highest BCUT2D eigenvalue weighted by Gasteiger charge is 2.15. The van der Waals surface area contributed by atoms with E-state index in [0.717, 1.165) is 12.8 Å². The molecule has 0 saturated heterocycles. The standard InChI is InChI=1S/C10H20N2O3/c1-2-8(10(14)15)7-12-9(13)5-3-4-6-11/h8H,2-7,11H2,1H3,(H,12,13)(H,14,15). The lowest BCUT2D eigenvalue weighted by atomic mass is 10.1. The van der Waals surface area contributed by atoms with Crippen molar-refractivity contribution in [3.63, 3.8) is 0 Å². The van der Waals surface area contributed by atoms with Gasteiger partial charge in [-0.1, -0.05) is 6.92 Å². The number of carbonyl (C=O) groups excluding carboxylic acids is 1. The van der Waals surface area contributed by atoms with Gasteiger partial charge < -0.3 is 16.2 Å². The van der Waals surface area contributed by atoms with Gasteiger partial charge in [0.05, 0.1) is 5.92 Å². The van der Waals surface area contributed by atoms with Gasteiger partial charge in [-0.2, -0.15) is 0 Å². The van der Waals surface area contributed by atoms with Gasteiger partial charge in [0.25, 0.3) is 0 Å². The normalized spacial score (nSPS) is 12.1. The number of hydrogen-bond donors (Lipinski definition) is 3. The van der Waals surface area contributed by atoms with Crippen LogP contribution in [0.5, 0.6) is 0 Å². The van der Waals surface area contributed by atoms with Crippen molar-refractivity contribution in [2.75, 3.05) is 13.1 Å². The molecule has 1 amide bonds. The Morgan fingerprint density at radius 1 is 1.40 bits per heavy atom. The van der Waals surface area contributed by atoms with Crippen molar-refractivity contribution in [2.24, 2.45) is 11.7 Å². The Hall–Kier alpha value is -1.10. The first-order valence-electron chi connectivity index (χ1n) is 5.31. The lowest BCUT2D eigenvalue weighted by molar-refractivity contribution is -0.141. The van der Waals surface area contributed by atoms with Gasteiger partial charge in [-0.05, 0) is 25.8 Å². The first-order chi connectivity index (χ1) is 7.11. The minimum atomic E-state index is -0.861. The number of carbonyl (C=O) groups is 2. The summed E-state index contributed by atoms with van der Waals surface area (Å²) in [6.45, 7) is 2.59. The summed E-state index contributed by atoms with van der Waals surface area (Å²) in [5.74, 6) is -1.44. The maximum Gasteiger partial charge on any atom is 0.308 e. The molecule has 0 saturated carbocycles. The van der Waals surface area contributed by atoms with Gasteiger partial charge in [-0.15, -0.1) is 0 Å². The number of nitrogens with two attached hydrogens (primary N) is 1. The zero-order valence-corrected chi connectivity index (χ0v) is 9.16. The molecular weight excluding hydrogens is 196 g/mol. The number of rotatable bonds is 8. The van der Waals surface area contributed by atoms with E-state index >= 15 is 0 Å². The van der Waals surface area contributed by atoms with E-state index in [1.54, 1.807) is 6.92 Å². The van der Waals surface area contributed by atoms with Crippen LogP contribution in [0.15, 0.2) is 0 Å². The van der Waals surface area contributed by atoms with Crippen molar-refractivity contribution in [2.45, 2.75) is 32.6 Å². The van der Waals surface area contributed by atoms with Crippen molar-refractivity contribution < 1.29 is 14.7 Å². The Labute approximate surface area is 90.0 Å². The predicted molar refractivity (Wildman–Crippen MR) is 57.3 cm³/mol. The molecule has 0 bridgehead atoms. The number of carboxylic acid groups (broad SMARTS) is 1. The molecule has 0 aliphatic heterocycles. The Morgan fingerprint density at radius 3 is 2.53 bits per heavy atom. The van der Waals surface area contributed by atoms with E-state index < -0.39 is 11.9 Å². The van der Waals surface area contributed by atoms with E-state index in [2.05, 4.69) is 5.32 Å². The van der Waals surface area contributed by atoms with Crippen LogP contribution in [0.1, 0.15) is 32.6 Å². The number of amides is 1. The summed E-state index contributed by atoms with van der Waals surface area (Å²) in [5.41, 5.74) is 5.29. The molecule has 5 nitrogen and oxygen atoms in total. The summed E-state index contributed by atoms with van der Waals surface area (Å²) in [5, 5.41) is 11.3. The minimum Gasteiger partial charge on any atom is -0.481 e. The fourth-order valence-electron chi connectivity index (χ4n) is 1.16. The maximum atomic E-state index is 11.2. The quantitative estimate of drug-likeness (QED) is 0.510. The molecule has 0 aliphatic carbocycles. The largest absolute Gasteiger partial charge is 0.481 e. The van der Waals surface area contributed by atoms with Crippen LogP contribution in [0.3, 0.4) is 0 Å². The molecule has 0 rings (SSSR count). The molecule has 15 heavy (non-hydrogen) atoms. The highest BCUT2D eigenvalue weighted by molar-refractivity contribution is 5.77. The Balaban J connectivity index is 3.64. The fourth-order valence-corrected chi connectivity index (χ4v) is 1.16. The maximum absolute atomic E-state index is 11.2. The Bertz CT molecular complexity index is 207. The Morgan fingerprint density at radius 2 is 2.07 bits per heavy atom. The van der Waals surface area contributed by atoms with Gasteiger partial charge in [0.1, 0.15) is 0 Å².